The molecule has 8 rings (SSSR count). The monoisotopic (exact) mass is 1600 g/mol. The number of ether oxygens (including phenoxy) is 4. The summed E-state index contributed by atoms with van der Waals surface area (Å²) < 4.78 is 24.2. The van der Waals surface area contributed by atoms with Gasteiger partial charge in [-0.25, -0.2) is 4.79 Å². The van der Waals surface area contributed by atoms with Gasteiger partial charge < -0.3 is 56.2 Å². The first-order valence-corrected chi connectivity index (χ1v) is 42.5. The maximum Gasteiger partial charge on any atom is 0.314 e. The molecule has 1 saturated heterocycles. The summed E-state index contributed by atoms with van der Waals surface area (Å²) in [7, 11) is 0. The van der Waals surface area contributed by atoms with Gasteiger partial charge in [0.05, 0.1) is 63.1 Å². The highest BCUT2D eigenvalue weighted by molar-refractivity contribution is 7.98. The standard InChI is InChI=1S/C94H119N7O14S/c1-7-65(3)83(102)35-24-49-112-50-51-113-64-87(106)97-80(53-73-44-40-70(41-45-73)38-36-68-25-14-9-15-26-68)84(103)58-79(63-114-61-75-31-20-12-21-32-75)91(108)101-89(67(5)115-62-76-33-22-13-23-34-76)86(105)57-78-60-96-94(111)95-59-77(48-52-116-6)56-85(104)88(66(4)8-2)100-93(110)82(54-72-29-18-11-19-30-72)99-92(109)81(98-90(78)107)55-74-46-42-71(43-47-74)39-37-69-27-16-10-17-28-69/h9-23,25-34,40-47,65-67,77-82,88-89H,7-8,24,35-39,48-64H2,1-6H3,(H,97,106)(H,98,107)(H,99,109)(H,100,110)(H,101,108)(H2,95,96,111)/t65-,66?,67?,77+,78-,79-,80-,81-,82-,88-,89-/m0/s1. The highest BCUT2D eigenvalue weighted by Crippen LogP contribution is 2.23. The van der Waals surface area contributed by atoms with Gasteiger partial charge in [-0.15, -0.1) is 0 Å². The summed E-state index contributed by atoms with van der Waals surface area (Å²) in [6, 6.07) is 56.2. The second-order valence-electron chi connectivity index (χ2n) is 30.5. The first kappa shape index (κ1) is 91.6. The van der Waals surface area contributed by atoms with Crippen molar-refractivity contribution in [1.29, 1.82) is 0 Å². The van der Waals surface area contributed by atoms with Crippen LogP contribution in [0.3, 0.4) is 0 Å². The smallest absolute Gasteiger partial charge is 0.314 e. The Hall–Kier alpha value is -9.97. The van der Waals surface area contributed by atoms with Crippen LogP contribution in [0, 0.1) is 29.6 Å². The number of Topliss-reactive ketones (excluding diaryl/α,β-unsaturated/α-hetero) is 4. The number of ketones is 4. The molecule has 0 bridgehead atoms. The minimum atomic E-state index is -1.54. The first-order chi connectivity index (χ1) is 56.2. The van der Waals surface area contributed by atoms with Crippen molar-refractivity contribution in [1.82, 2.24) is 37.2 Å². The van der Waals surface area contributed by atoms with Crippen LogP contribution in [0.25, 0.3) is 0 Å². The molecule has 2 unspecified atom stereocenters. The van der Waals surface area contributed by atoms with Gasteiger partial charge in [-0.2, -0.15) is 11.8 Å². The molecule has 620 valence electrons. The molecule has 0 aliphatic carbocycles. The molecular weight excluding hydrogens is 1480 g/mol. The van der Waals surface area contributed by atoms with Crippen LogP contribution in [0.4, 0.5) is 4.79 Å². The molecule has 0 aromatic heterocycles. The molecule has 1 fully saturated rings. The van der Waals surface area contributed by atoms with Crippen molar-refractivity contribution < 1.29 is 66.9 Å². The number of carbonyl (C=O) groups is 10. The Morgan fingerprint density at radius 2 is 1.00 bits per heavy atom. The normalized spacial score (nSPS) is 18.0. The summed E-state index contributed by atoms with van der Waals surface area (Å²) in [6.07, 6.45) is 5.51. The topological polar surface area (TPSA) is 292 Å². The molecule has 0 saturated carbocycles. The molecule has 11 atom stereocenters. The summed E-state index contributed by atoms with van der Waals surface area (Å²) in [6.45, 7) is 8.73. The number of hydrogen-bond donors (Lipinski definition) is 7. The molecule has 0 radical (unpaired) electrons. The molecule has 21 nitrogen and oxygen atoms in total. The van der Waals surface area contributed by atoms with E-state index in [1.807, 2.05) is 210 Å². The minimum Gasteiger partial charge on any atom is -0.379 e. The van der Waals surface area contributed by atoms with Crippen molar-refractivity contribution in [2.75, 3.05) is 58.1 Å². The van der Waals surface area contributed by atoms with E-state index < -0.39 is 121 Å². The van der Waals surface area contributed by atoms with Crippen LogP contribution in [0.15, 0.2) is 200 Å². The number of rotatable bonds is 45. The van der Waals surface area contributed by atoms with Crippen molar-refractivity contribution in [3.63, 3.8) is 0 Å². The van der Waals surface area contributed by atoms with E-state index in [-0.39, 0.29) is 94.6 Å². The predicted octanol–water partition coefficient (Wildman–Crippen LogP) is 11.8. The van der Waals surface area contributed by atoms with Gasteiger partial charge in [-0.1, -0.05) is 234 Å². The third kappa shape index (κ3) is 32.6. The largest absolute Gasteiger partial charge is 0.379 e. The summed E-state index contributed by atoms with van der Waals surface area (Å²) in [5.41, 5.74) is 8.06. The molecule has 1 heterocycles. The quantitative estimate of drug-likeness (QED) is 0.0175. The molecule has 1 aliphatic rings. The SMILES string of the molecule is CCC(C)[C@@H]1NC(=O)[C@H](Cc2ccccc2)NC(=O)[C@H](Cc2ccc(CCc3ccccc3)cc2)NC(=O)[C@@H](CC(=O)[C@@H](NC(=O)[C@H](COCc2ccccc2)CC(=O)[C@H](Cc2ccc(CCc3ccccc3)cc2)NC(=O)COCCOCCCC(=O)[C@@H](C)CC)C(C)OCc2ccccc2)CNC(=O)NC[C@H](CCSC)CC1=O. The van der Waals surface area contributed by atoms with Crippen molar-refractivity contribution in [2.45, 2.75) is 180 Å². The molecule has 7 N–H and O–H groups in total. The molecule has 1 aliphatic heterocycles. The zero-order chi connectivity index (χ0) is 82.8. The number of benzene rings is 7. The highest BCUT2D eigenvalue weighted by atomic mass is 32.2. The average Bonchev–Trinajstić information content (AvgIpc) is 0.839. The number of thioether (sulfide) groups is 1. The van der Waals surface area contributed by atoms with Crippen LogP contribution >= 0.6 is 11.8 Å². The number of carbonyl (C=O) groups excluding carboxylic acids is 10. The van der Waals surface area contributed by atoms with E-state index >= 15 is 24.0 Å². The van der Waals surface area contributed by atoms with Crippen LogP contribution < -0.4 is 37.2 Å². The Balaban J connectivity index is 1.11. The molecular formula is C94H119N7O14S. The highest BCUT2D eigenvalue weighted by Gasteiger charge is 2.39. The van der Waals surface area contributed by atoms with Crippen molar-refractivity contribution in [3.8, 4) is 0 Å². The van der Waals surface area contributed by atoms with Crippen molar-refractivity contribution >= 4 is 70.5 Å². The Kier molecular flexibility index (Phi) is 39.9. The summed E-state index contributed by atoms with van der Waals surface area (Å²) >= 11 is 1.58. The Morgan fingerprint density at radius 3 is 1.56 bits per heavy atom. The van der Waals surface area contributed by atoms with Gasteiger partial charge in [0.25, 0.3) is 0 Å². The third-order valence-corrected chi connectivity index (χ3v) is 22.1. The van der Waals surface area contributed by atoms with E-state index in [0.29, 0.717) is 49.2 Å². The van der Waals surface area contributed by atoms with E-state index in [4.69, 9.17) is 18.9 Å². The van der Waals surface area contributed by atoms with E-state index in [1.165, 1.54) is 11.1 Å². The van der Waals surface area contributed by atoms with Crippen LogP contribution in [0.5, 0.6) is 0 Å². The lowest BCUT2D eigenvalue weighted by molar-refractivity contribution is -0.139. The molecule has 0 spiro atoms. The number of urea groups is 1. The molecule has 22 heteroatoms. The summed E-state index contributed by atoms with van der Waals surface area (Å²) in [4.78, 5) is 148. The van der Waals surface area contributed by atoms with Crippen LogP contribution in [-0.2, 0) is 120 Å². The van der Waals surface area contributed by atoms with E-state index in [0.717, 1.165) is 59.9 Å². The molecule has 7 amide bonds. The lowest BCUT2D eigenvalue weighted by atomic mass is 9.88. The van der Waals surface area contributed by atoms with Crippen molar-refractivity contribution in [3.05, 3.63) is 250 Å². The summed E-state index contributed by atoms with van der Waals surface area (Å²) in [5.74, 6) is -7.64. The van der Waals surface area contributed by atoms with Gasteiger partial charge in [-0.3, -0.25) is 43.2 Å². The second kappa shape index (κ2) is 50.5. The number of aryl methyl sites for hydroxylation is 4. The van der Waals surface area contributed by atoms with Gasteiger partial charge in [0.2, 0.25) is 29.5 Å². The first-order valence-electron chi connectivity index (χ1n) is 41.1. The van der Waals surface area contributed by atoms with Gasteiger partial charge in [0, 0.05) is 64.1 Å². The minimum absolute atomic E-state index is 0.00424. The average molecular weight is 1600 g/mol. The van der Waals surface area contributed by atoms with Crippen LogP contribution in [0.1, 0.15) is 136 Å². The van der Waals surface area contributed by atoms with E-state index in [1.54, 1.807) is 18.7 Å². The van der Waals surface area contributed by atoms with Gasteiger partial charge >= 0.3 is 6.03 Å². The molecule has 116 heavy (non-hydrogen) atoms. The lowest BCUT2D eigenvalue weighted by Gasteiger charge is -2.30. The van der Waals surface area contributed by atoms with Gasteiger partial charge in [0.1, 0.15) is 30.5 Å². The van der Waals surface area contributed by atoms with Crippen LogP contribution in [0.2, 0.25) is 0 Å². The molecule has 7 aromatic carbocycles. The van der Waals surface area contributed by atoms with Gasteiger partial charge in [0.15, 0.2) is 17.3 Å². The third-order valence-electron chi connectivity index (χ3n) is 21.4. The number of hydrogen-bond acceptors (Lipinski definition) is 15. The van der Waals surface area contributed by atoms with E-state index in [2.05, 4.69) is 61.5 Å². The van der Waals surface area contributed by atoms with Gasteiger partial charge in [-0.05, 0) is 132 Å². The maximum absolute atomic E-state index is 15.8. The second-order valence-corrected chi connectivity index (χ2v) is 31.5. The fourth-order valence-electron chi connectivity index (χ4n) is 13.8. The zero-order valence-electron chi connectivity index (χ0n) is 68.2. The fourth-order valence-corrected chi connectivity index (χ4v) is 14.4. The Labute approximate surface area is 689 Å². The maximum atomic E-state index is 15.8. The predicted molar refractivity (Wildman–Crippen MR) is 453 cm³/mol. The zero-order valence-corrected chi connectivity index (χ0v) is 69.0. The number of nitrogens with one attached hydrogen (secondary N) is 7. The Bertz CT molecular complexity index is 4170. The van der Waals surface area contributed by atoms with Crippen molar-refractivity contribution in [2.24, 2.45) is 29.6 Å². The van der Waals surface area contributed by atoms with Crippen LogP contribution in [-0.4, -0.2) is 153 Å². The number of amides is 7. The fraction of sp³-hybridized carbons (Fsp3) is 0.447. The summed E-state index contributed by atoms with van der Waals surface area (Å²) in [5, 5.41) is 20.5. The lowest BCUT2D eigenvalue weighted by Crippen LogP contribution is -2.58. The Morgan fingerprint density at radius 1 is 0.509 bits per heavy atom. The van der Waals surface area contributed by atoms with E-state index in [9.17, 15) is 24.0 Å². The molecule has 7 aromatic rings.